The van der Waals surface area contributed by atoms with E-state index in [1.807, 2.05) is 18.2 Å². The van der Waals surface area contributed by atoms with Crippen LogP contribution in [0.3, 0.4) is 0 Å². The van der Waals surface area contributed by atoms with Crippen molar-refractivity contribution < 1.29 is 28.6 Å². The molecule has 3 N–H and O–H groups in total. The van der Waals surface area contributed by atoms with E-state index in [0.717, 1.165) is 5.69 Å². The Morgan fingerprint density at radius 1 is 1.03 bits per heavy atom. The van der Waals surface area contributed by atoms with Gasteiger partial charge in [0.2, 0.25) is 5.91 Å². The minimum absolute atomic E-state index is 0.152. The summed E-state index contributed by atoms with van der Waals surface area (Å²) >= 11 is 0. The molecule has 4 rings (SSSR count). The standard InChI is InChI=1S/C27H34N4O6/c1-35-19-9-10-21-24(18-19)37-15-12-29-27(34)22(7-4-5-11-28-25(21)32)30-26(33)20-6-2-3-8-23(20)31-13-16-36-17-14-31/h2-3,6,8-10,18,22H,4-5,7,11-17H2,1H3,(H,28,32)(H,29,34)(H,30,33)/t22-/m0/s1. The first-order valence-corrected chi connectivity index (χ1v) is 12.7. The van der Waals surface area contributed by atoms with Crippen LogP contribution in [0.15, 0.2) is 42.5 Å². The highest BCUT2D eigenvalue weighted by atomic mass is 16.5. The summed E-state index contributed by atoms with van der Waals surface area (Å²) in [6.45, 7) is 3.43. The van der Waals surface area contributed by atoms with Crippen molar-refractivity contribution in [3.8, 4) is 11.5 Å². The molecule has 0 spiro atoms. The number of hydrogen-bond donors (Lipinski definition) is 3. The number of carbonyl (C=O) groups excluding carboxylic acids is 3. The number of hydrogen-bond acceptors (Lipinski definition) is 7. The van der Waals surface area contributed by atoms with Gasteiger partial charge in [-0.1, -0.05) is 12.1 Å². The van der Waals surface area contributed by atoms with Gasteiger partial charge in [0, 0.05) is 31.4 Å². The topological polar surface area (TPSA) is 118 Å². The van der Waals surface area contributed by atoms with E-state index in [4.69, 9.17) is 14.2 Å². The van der Waals surface area contributed by atoms with Crippen LogP contribution in [0.1, 0.15) is 40.0 Å². The maximum atomic E-state index is 13.3. The molecule has 0 unspecified atom stereocenters. The number of benzene rings is 2. The van der Waals surface area contributed by atoms with Gasteiger partial charge in [0.15, 0.2) is 0 Å². The zero-order chi connectivity index (χ0) is 26.0. The number of methoxy groups -OCH3 is 1. The Hall–Kier alpha value is -3.79. The van der Waals surface area contributed by atoms with Gasteiger partial charge in [0.05, 0.1) is 38.0 Å². The van der Waals surface area contributed by atoms with Crippen molar-refractivity contribution in [3.05, 3.63) is 53.6 Å². The third-order valence-corrected chi connectivity index (χ3v) is 6.42. The molecule has 0 aliphatic carbocycles. The molecular formula is C27H34N4O6. The van der Waals surface area contributed by atoms with Crippen molar-refractivity contribution >= 4 is 23.4 Å². The molecule has 2 aromatic carbocycles. The van der Waals surface area contributed by atoms with Crippen LogP contribution < -0.4 is 30.3 Å². The molecule has 2 aliphatic rings. The van der Waals surface area contributed by atoms with Crippen LogP contribution in [0.25, 0.3) is 0 Å². The second-order valence-electron chi connectivity index (χ2n) is 8.90. The van der Waals surface area contributed by atoms with Crippen LogP contribution >= 0.6 is 0 Å². The van der Waals surface area contributed by atoms with E-state index in [0.29, 0.717) is 74.7 Å². The number of rotatable bonds is 4. The molecule has 37 heavy (non-hydrogen) atoms. The average Bonchev–Trinajstić information content (AvgIpc) is 2.94. The largest absolute Gasteiger partial charge is 0.497 e. The van der Waals surface area contributed by atoms with E-state index < -0.39 is 6.04 Å². The van der Waals surface area contributed by atoms with E-state index in [9.17, 15) is 14.4 Å². The molecule has 1 saturated heterocycles. The maximum absolute atomic E-state index is 13.3. The fourth-order valence-corrected chi connectivity index (χ4v) is 4.42. The zero-order valence-corrected chi connectivity index (χ0v) is 21.1. The van der Waals surface area contributed by atoms with Crippen molar-refractivity contribution in [3.63, 3.8) is 0 Å². The van der Waals surface area contributed by atoms with Crippen LogP contribution in [-0.4, -0.2) is 76.9 Å². The number of ether oxygens (including phenoxy) is 3. The number of nitrogens with one attached hydrogen (secondary N) is 3. The molecule has 3 amide bonds. The predicted molar refractivity (Wildman–Crippen MR) is 138 cm³/mol. The van der Waals surface area contributed by atoms with E-state index in [-0.39, 0.29) is 30.9 Å². The molecule has 10 nitrogen and oxygen atoms in total. The first kappa shape index (κ1) is 26.3. The van der Waals surface area contributed by atoms with Crippen LogP contribution in [0.5, 0.6) is 11.5 Å². The fraction of sp³-hybridized carbons (Fsp3) is 0.444. The van der Waals surface area contributed by atoms with E-state index >= 15 is 0 Å². The molecule has 0 radical (unpaired) electrons. The third-order valence-electron chi connectivity index (χ3n) is 6.42. The number of para-hydroxylation sites is 1. The lowest BCUT2D eigenvalue weighted by molar-refractivity contribution is -0.123. The predicted octanol–water partition coefficient (Wildman–Crippen LogP) is 1.74. The third kappa shape index (κ3) is 6.91. The van der Waals surface area contributed by atoms with Crippen LogP contribution in [0, 0.1) is 0 Å². The molecule has 0 saturated carbocycles. The van der Waals surface area contributed by atoms with Gasteiger partial charge in [-0.2, -0.15) is 0 Å². The molecule has 2 heterocycles. The molecule has 198 valence electrons. The first-order chi connectivity index (χ1) is 18.1. The molecule has 2 aliphatic heterocycles. The number of anilines is 1. The summed E-state index contributed by atoms with van der Waals surface area (Å²) in [7, 11) is 1.54. The summed E-state index contributed by atoms with van der Waals surface area (Å²) in [4.78, 5) is 41.1. The van der Waals surface area contributed by atoms with E-state index in [1.165, 1.54) is 0 Å². The summed E-state index contributed by atoms with van der Waals surface area (Å²) in [5.74, 6) is 0.148. The second kappa shape index (κ2) is 13.0. The number of morpholine rings is 1. The summed E-state index contributed by atoms with van der Waals surface area (Å²) in [6, 6.07) is 11.7. The van der Waals surface area contributed by atoms with Crippen LogP contribution in [0.4, 0.5) is 5.69 Å². The van der Waals surface area contributed by atoms with E-state index in [2.05, 4.69) is 20.9 Å². The average molecular weight is 511 g/mol. The normalized spacial score (nSPS) is 19.4. The van der Waals surface area contributed by atoms with Gasteiger partial charge in [-0.15, -0.1) is 0 Å². The highest BCUT2D eigenvalue weighted by Crippen LogP contribution is 2.25. The molecule has 1 atom stereocenters. The molecule has 1 fully saturated rings. The Labute approximate surface area is 216 Å². The summed E-state index contributed by atoms with van der Waals surface area (Å²) < 4.78 is 16.5. The first-order valence-electron chi connectivity index (χ1n) is 12.7. The molecule has 2 aromatic rings. The van der Waals surface area contributed by atoms with Crippen molar-refractivity contribution in [1.29, 1.82) is 0 Å². The highest BCUT2D eigenvalue weighted by molar-refractivity contribution is 6.02. The lowest BCUT2D eigenvalue weighted by atomic mass is 10.1. The second-order valence-corrected chi connectivity index (χ2v) is 8.90. The van der Waals surface area contributed by atoms with Gasteiger partial charge in [0.1, 0.15) is 24.1 Å². The van der Waals surface area contributed by atoms with Crippen LogP contribution in [0.2, 0.25) is 0 Å². The lowest BCUT2D eigenvalue weighted by Crippen LogP contribution is -2.48. The van der Waals surface area contributed by atoms with Gasteiger partial charge < -0.3 is 35.1 Å². The number of amides is 3. The van der Waals surface area contributed by atoms with Crippen LogP contribution in [-0.2, 0) is 9.53 Å². The smallest absolute Gasteiger partial charge is 0.255 e. The minimum Gasteiger partial charge on any atom is -0.497 e. The lowest BCUT2D eigenvalue weighted by Gasteiger charge is -2.30. The molecule has 0 aromatic heterocycles. The maximum Gasteiger partial charge on any atom is 0.255 e. The van der Waals surface area contributed by atoms with Gasteiger partial charge in [-0.25, -0.2) is 0 Å². The van der Waals surface area contributed by atoms with Crippen molar-refractivity contribution in [2.75, 3.05) is 58.0 Å². The number of fused-ring (bicyclic) bond motifs is 1. The van der Waals surface area contributed by atoms with Gasteiger partial charge in [-0.05, 0) is 43.5 Å². The molecular weight excluding hydrogens is 476 g/mol. The van der Waals surface area contributed by atoms with Crippen molar-refractivity contribution in [2.45, 2.75) is 25.3 Å². The Balaban J connectivity index is 1.44. The van der Waals surface area contributed by atoms with E-state index in [1.54, 1.807) is 31.4 Å². The Kier molecular flexibility index (Phi) is 9.20. The van der Waals surface area contributed by atoms with Gasteiger partial charge in [-0.3, -0.25) is 14.4 Å². The SMILES string of the molecule is COc1ccc2c(c1)OCCNC(=O)[C@@H](NC(=O)c1ccccc1N1CCOCC1)CCCCNC2=O. The quantitative estimate of drug-likeness (QED) is 0.573. The minimum atomic E-state index is -0.712. The van der Waals surface area contributed by atoms with Gasteiger partial charge in [0.25, 0.3) is 11.8 Å². The Morgan fingerprint density at radius 3 is 2.65 bits per heavy atom. The summed E-state index contributed by atoms with van der Waals surface area (Å²) in [6.07, 6.45) is 1.75. The number of carbonyl (C=O) groups is 3. The van der Waals surface area contributed by atoms with Crippen molar-refractivity contribution in [1.82, 2.24) is 16.0 Å². The van der Waals surface area contributed by atoms with Crippen molar-refractivity contribution in [2.24, 2.45) is 0 Å². The Bertz CT molecular complexity index is 1100. The number of nitrogens with zero attached hydrogens (tertiary/aromatic N) is 1. The molecule has 10 heteroatoms. The Morgan fingerprint density at radius 2 is 1.84 bits per heavy atom. The summed E-state index contributed by atoms with van der Waals surface area (Å²) in [5, 5.41) is 8.69. The highest BCUT2D eigenvalue weighted by Gasteiger charge is 2.24. The monoisotopic (exact) mass is 510 g/mol. The fourth-order valence-electron chi connectivity index (χ4n) is 4.42. The summed E-state index contributed by atoms with van der Waals surface area (Å²) in [5.41, 5.74) is 1.76. The molecule has 0 bridgehead atoms. The van der Waals surface area contributed by atoms with Gasteiger partial charge >= 0.3 is 0 Å². The zero-order valence-electron chi connectivity index (χ0n) is 21.1.